The maximum Gasteiger partial charge on any atom is 0.347 e. The van der Waals surface area contributed by atoms with Gasteiger partial charge in [-0.05, 0) is 17.5 Å². The standard InChI is InChI=1S/C16H12O3/c1-18-13-9-5-8-12-10-14(19-16(17)15(12)13)11-6-3-2-4-7-11/h2-10H,1H3. The summed E-state index contributed by atoms with van der Waals surface area (Å²) < 4.78 is 10.6. The summed E-state index contributed by atoms with van der Waals surface area (Å²) in [6.45, 7) is 0. The Hall–Kier alpha value is -2.55. The first-order chi connectivity index (χ1) is 9.29. The van der Waals surface area contributed by atoms with Crippen molar-refractivity contribution >= 4 is 10.8 Å². The highest BCUT2D eigenvalue weighted by atomic mass is 16.5. The van der Waals surface area contributed by atoms with Gasteiger partial charge in [0.25, 0.3) is 0 Å². The van der Waals surface area contributed by atoms with Gasteiger partial charge in [-0.2, -0.15) is 0 Å². The van der Waals surface area contributed by atoms with Crippen molar-refractivity contribution < 1.29 is 9.15 Å². The van der Waals surface area contributed by atoms with Crippen LogP contribution in [-0.4, -0.2) is 7.11 Å². The fraction of sp³-hybridized carbons (Fsp3) is 0.0625. The highest BCUT2D eigenvalue weighted by Gasteiger charge is 2.10. The second-order valence-electron chi connectivity index (χ2n) is 4.19. The van der Waals surface area contributed by atoms with Crippen LogP contribution < -0.4 is 10.4 Å². The zero-order chi connectivity index (χ0) is 13.2. The fourth-order valence-electron chi connectivity index (χ4n) is 2.12. The van der Waals surface area contributed by atoms with Gasteiger partial charge < -0.3 is 9.15 Å². The molecule has 0 atom stereocenters. The van der Waals surface area contributed by atoms with E-state index >= 15 is 0 Å². The highest BCUT2D eigenvalue weighted by molar-refractivity contribution is 5.89. The molecule has 0 saturated heterocycles. The lowest BCUT2D eigenvalue weighted by Crippen LogP contribution is -2.02. The number of rotatable bonds is 2. The summed E-state index contributed by atoms with van der Waals surface area (Å²) in [5, 5.41) is 1.29. The van der Waals surface area contributed by atoms with E-state index in [1.54, 1.807) is 13.2 Å². The molecule has 3 nitrogen and oxygen atoms in total. The number of methoxy groups -OCH3 is 1. The Kier molecular flexibility index (Phi) is 2.80. The second-order valence-corrected chi connectivity index (χ2v) is 4.19. The Morgan fingerprint density at radius 2 is 1.79 bits per heavy atom. The van der Waals surface area contributed by atoms with Crippen molar-refractivity contribution in [2.24, 2.45) is 0 Å². The van der Waals surface area contributed by atoms with Crippen LogP contribution in [0, 0.1) is 0 Å². The minimum atomic E-state index is -0.381. The maximum atomic E-state index is 12.1. The molecule has 0 spiro atoms. The zero-order valence-electron chi connectivity index (χ0n) is 10.4. The van der Waals surface area contributed by atoms with Gasteiger partial charge in [-0.1, -0.05) is 42.5 Å². The monoisotopic (exact) mass is 252 g/mol. The molecule has 0 aliphatic carbocycles. The summed E-state index contributed by atoms with van der Waals surface area (Å²) in [6.07, 6.45) is 0. The van der Waals surface area contributed by atoms with Gasteiger partial charge in [0, 0.05) is 5.56 Å². The largest absolute Gasteiger partial charge is 0.496 e. The Morgan fingerprint density at radius 3 is 2.53 bits per heavy atom. The van der Waals surface area contributed by atoms with Gasteiger partial charge in [-0.25, -0.2) is 4.79 Å². The van der Waals surface area contributed by atoms with Crippen molar-refractivity contribution in [1.29, 1.82) is 0 Å². The van der Waals surface area contributed by atoms with Crippen LogP contribution >= 0.6 is 0 Å². The van der Waals surface area contributed by atoms with Crippen molar-refractivity contribution in [1.82, 2.24) is 0 Å². The molecule has 0 bridgehead atoms. The molecule has 0 radical (unpaired) electrons. The van der Waals surface area contributed by atoms with Gasteiger partial charge in [0.15, 0.2) is 0 Å². The molecule has 2 aromatic carbocycles. The number of benzene rings is 2. The third kappa shape index (κ3) is 1.99. The van der Waals surface area contributed by atoms with E-state index in [2.05, 4.69) is 0 Å². The van der Waals surface area contributed by atoms with Gasteiger partial charge in [0.1, 0.15) is 16.9 Å². The summed E-state index contributed by atoms with van der Waals surface area (Å²) in [4.78, 5) is 12.1. The minimum absolute atomic E-state index is 0.381. The summed E-state index contributed by atoms with van der Waals surface area (Å²) in [7, 11) is 1.54. The Morgan fingerprint density at radius 1 is 1.00 bits per heavy atom. The van der Waals surface area contributed by atoms with Crippen molar-refractivity contribution in [3.05, 3.63) is 65.0 Å². The molecule has 3 aromatic rings. The van der Waals surface area contributed by atoms with Crippen LogP contribution in [-0.2, 0) is 0 Å². The minimum Gasteiger partial charge on any atom is -0.496 e. The molecule has 94 valence electrons. The maximum absolute atomic E-state index is 12.1. The van der Waals surface area contributed by atoms with Crippen molar-refractivity contribution in [2.75, 3.05) is 7.11 Å². The van der Waals surface area contributed by atoms with E-state index in [9.17, 15) is 4.79 Å². The Bertz CT molecular complexity index is 773. The lowest BCUT2D eigenvalue weighted by molar-refractivity contribution is 0.417. The van der Waals surface area contributed by atoms with Gasteiger partial charge in [-0.15, -0.1) is 0 Å². The smallest absolute Gasteiger partial charge is 0.347 e. The lowest BCUT2D eigenvalue weighted by atomic mass is 10.1. The molecule has 0 N–H and O–H groups in total. The first-order valence-electron chi connectivity index (χ1n) is 5.96. The van der Waals surface area contributed by atoms with Crippen LogP contribution in [0.4, 0.5) is 0 Å². The van der Waals surface area contributed by atoms with Crippen LogP contribution in [0.1, 0.15) is 0 Å². The molecule has 3 heteroatoms. The van der Waals surface area contributed by atoms with Gasteiger partial charge in [0.05, 0.1) is 7.11 Å². The van der Waals surface area contributed by atoms with E-state index in [1.165, 1.54) is 0 Å². The SMILES string of the molecule is COc1cccc2cc(-c3ccccc3)oc(=O)c12. The molecular weight excluding hydrogens is 240 g/mol. The van der Waals surface area contributed by atoms with Crippen molar-refractivity contribution in [2.45, 2.75) is 0 Å². The average molecular weight is 252 g/mol. The normalized spacial score (nSPS) is 10.6. The molecule has 1 heterocycles. The first-order valence-corrected chi connectivity index (χ1v) is 5.96. The Labute approximate surface area is 110 Å². The molecular formula is C16H12O3. The predicted octanol–water partition coefficient (Wildman–Crippen LogP) is 3.47. The molecule has 1 aromatic heterocycles. The molecule has 0 aliphatic heterocycles. The summed E-state index contributed by atoms with van der Waals surface area (Å²) in [6, 6.07) is 16.9. The molecule has 3 rings (SSSR count). The summed E-state index contributed by atoms with van der Waals surface area (Å²) in [5.41, 5.74) is 0.498. The van der Waals surface area contributed by atoms with E-state index in [-0.39, 0.29) is 5.63 Å². The van der Waals surface area contributed by atoms with Gasteiger partial charge >= 0.3 is 5.63 Å². The van der Waals surface area contributed by atoms with Crippen LogP contribution in [0.3, 0.4) is 0 Å². The molecule has 0 unspecified atom stereocenters. The van der Waals surface area contributed by atoms with Crippen molar-refractivity contribution in [3.63, 3.8) is 0 Å². The number of ether oxygens (including phenoxy) is 1. The molecule has 0 amide bonds. The van der Waals surface area contributed by atoms with E-state index < -0.39 is 0 Å². The topological polar surface area (TPSA) is 39.4 Å². The van der Waals surface area contributed by atoms with Crippen LogP contribution in [0.2, 0.25) is 0 Å². The fourth-order valence-corrected chi connectivity index (χ4v) is 2.12. The van der Waals surface area contributed by atoms with Crippen LogP contribution in [0.15, 0.2) is 63.8 Å². The van der Waals surface area contributed by atoms with E-state index in [1.807, 2.05) is 48.5 Å². The number of hydrogen-bond acceptors (Lipinski definition) is 3. The quantitative estimate of drug-likeness (QED) is 0.701. The third-order valence-electron chi connectivity index (χ3n) is 3.03. The van der Waals surface area contributed by atoms with Crippen molar-refractivity contribution in [3.8, 4) is 17.1 Å². The summed E-state index contributed by atoms with van der Waals surface area (Å²) >= 11 is 0. The van der Waals surface area contributed by atoms with Gasteiger partial charge in [0.2, 0.25) is 0 Å². The third-order valence-corrected chi connectivity index (χ3v) is 3.03. The van der Waals surface area contributed by atoms with Crippen LogP contribution in [0.5, 0.6) is 5.75 Å². The van der Waals surface area contributed by atoms with Gasteiger partial charge in [-0.3, -0.25) is 0 Å². The lowest BCUT2D eigenvalue weighted by Gasteiger charge is -2.05. The second kappa shape index (κ2) is 4.61. The number of hydrogen-bond donors (Lipinski definition) is 0. The number of fused-ring (bicyclic) bond motifs is 1. The molecule has 0 saturated carbocycles. The van der Waals surface area contributed by atoms with E-state index in [4.69, 9.17) is 9.15 Å². The predicted molar refractivity (Wildman–Crippen MR) is 74.5 cm³/mol. The average Bonchev–Trinajstić information content (AvgIpc) is 2.47. The van der Waals surface area contributed by atoms with E-state index in [0.717, 1.165) is 10.9 Å². The highest BCUT2D eigenvalue weighted by Crippen LogP contribution is 2.26. The molecule has 0 fully saturated rings. The first kappa shape index (κ1) is 11.5. The summed E-state index contributed by atoms with van der Waals surface area (Å²) in [5.74, 6) is 1.09. The molecule has 19 heavy (non-hydrogen) atoms. The van der Waals surface area contributed by atoms with Crippen LogP contribution in [0.25, 0.3) is 22.1 Å². The van der Waals surface area contributed by atoms with E-state index in [0.29, 0.717) is 16.9 Å². The zero-order valence-corrected chi connectivity index (χ0v) is 10.4. The Balaban J connectivity index is 2.30. The molecule has 0 aliphatic rings.